The number of benzene rings is 10. The summed E-state index contributed by atoms with van der Waals surface area (Å²) in [6.07, 6.45) is 0. The Labute approximate surface area is 411 Å². The van der Waals surface area contributed by atoms with Crippen LogP contribution in [0.1, 0.15) is 25.0 Å². The zero-order chi connectivity index (χ0) is 47.2. The van der Waals surface area contributed by atoms with Crippen LogP contribution in [-0.4, -0.2) is 19.5 Å². The normalized spacial score (nSPS) is 12.8. The van der Waals surface area contributed by atoms with Gasteiger partial charge in [0.05, 0.1) is 11.0 Å². The van der Waals surface area contributed by atoms with Crippen molar-refractivity contribution >= 4 is 43.7 Å². The summed E-state index contributed by atoms with van der Waals surface area (Å²) < 4.78 is 8.64. The number of furan rings is 1. The van der Waals surface area contributed by atoms with Crippen LogP contribution in [0.2, 0.25) is 0 Å². The van der Waals surface area contributed by atoms with Crippen molar-refractivity contribution in [3.8, 4) is 84.4 Å². The van der Waals surface area contributed by atoms with Gasteiger partial charge < -0.3 is 4.42 Å². The summed E-state index contributed by atoms with van der Waals surface area (Å²) in [7, 11) is 0. The second-order valence-electron chi connectivity index (χ2n) is 19.2. The highest BCUT2D eigenvalue weighted by molar-refractivity contribution is 6.15. The molecule has 1 aliphatic carbocycles. The molecule has 0 unspecified atom stereocenters. The molecule has 1 aliphatic rings. The molecule has 3 aromatic heterocycles. The maximum absolute atomic E-state index is 6.39. The first-order valence-electron chi connectivity index (χ1n) is 24.3. The smallest absolute Gasteiger partial charge is 0.238 e. The molecule has 10 aromatic carbocycles. The third kappa shape index (κ3) is 6.58. The molecule has 0 bridgehead atoms. The maximum Gasteiger partial charge on any atom is 0.238 e. The Morgan fingerprint density at radius 2 is 0.930 bits per heavy atom. The first kappa shape index (κ1) is 40.8. The lowest BCUT2D eigenvalue weighted by molar-refractivity contribution is 0.660. The predicted molar refractivity (Wildman–Crippen MR) is 292 cm³/mol. The Hall–Kier alpha value is -9.19. The lowest BCUT2D eigenvalue weighted by atomic mass is 9.82. The standard InChI is InChI=1S/C66H44N4O/c1-66(2)56-30-12-9-28-53(56)61-49(29-17-31-57(61)66)45-24-15-22-43(36-45)44-23-16-25-46(37-44)54-38-48(41-18-5-3-6-19-41)39-55-50-26-10-13-32-58(50)70(62(54)55)65-68-63(42-20-7-4-8-21-42)67-64(69-65)47-34-35-52-51-27-11-14-33-59(51)71-60(52)40-47/h3-40H,1-2H3. The number of rotatable bonds is 7. The number of nitrogens with zero attached hydrogens (tertiary/aromatic N) is 4. The van der Waals surface area contributed by atoms with Gasteiger partial charge in [-0.3, -0.25) is 4.57 Å². The van der Waals surface area contributed by atoms with Crippen LogP contribution in [0, 0.1) is 0 Å². The number of hydrogen-bond donors (Lipinski definition) is 0. The molecule has 13 aromatic rings. The molecule has 0 saturated carbocycles. The molecular weight excluding hydrogens is 865 g/mol. The van der Waals surface area contributed by atoms with Gasteiger partial charge in [0.15, 0.2) is 11.6 Å². The van der Waals surface area contributed by atoms with Gasteiger partial charge in [-0.25, -0.2) is 4.98 Å². The van der Waals surface area contributed by atoms with Crippen molar-refractivity contribution < 1.29 is 4.42 Å². The van der Waals surface area contributed by atoms with Gasteiger partial charge in [-0.05, 0) is 110 Å². The Morgan fingerprint density at radius 1 is 0.352 bits per heavy atom. The highest BCUT2D eigenvalue weighted by atomic mass is 16.3. The van der Waals surface area contributed by atoms with Crippen LogP contribution in [0.25, 0.3) is 128 Å². The second kappa shape index (κ2) is 15.9. The Balaban J connectivity index is 0.983. The van der Waals surface area contributed by atoms with Crippen LogP contribution in [-0.2, 0) is 5.41 Å². The molecule has 334 valence electrons. The van der Waals surface area contributed by atoms with Gasteiger partial charge in [0.1, 0.15) is 11.2 Å². The minimum absolute atomic E-state index is 0.0777. The molecule has 14 rings (SSSR count). The molecule has 0 fully saturated rings. The Morgan fingerprint density at radius 3 is 1.72 bits per heavy atom. The molecule has 3 heterocycles. The molecule has 0 amide bonds. The van der Waals surface area contributed by atoms with Crippen LogP contribution in [0.15, 0.2) is 235 Å². The van der Waals surface area contributed by atoms with Crippen LogP contribution in [0.4, 0.5) is 0 Å². The summed E-state index contributed by atoms with van der Waals surface area (Å²) in [5.74, 6) is 1.67. The SMILES string of the molecule is CC1(C)c2ccccc2-c2c(-c3cccc(-c4cccc(-c5cc(-c6ccccc6)cc6c7ccccc7n(-c7nc(-c8ccccc8)nc(-c8ccc9c(c8)oc8ccccc89)n7)c56)c4)c3)cccc21. The van der Waals surface area contributed by atoms with Crippen molar-refractivity contribution in [3.63, 3.8) is 0 Å². The first-order valence-corrected chi connectivity index (χ1v) is 24.3. The molecule has 71 heavy (non-hydrogen) atoms. The summed E-state index contributed by atoms with van der Waals surface area (Å²) in [6, 6.07) is 82.3. The van der Waals surface area contributed by atoms with Crippen molar-refractivity contribution in [3.05, 3.63) is 242 Å². The topological polar surface area (TPSA) is 56.7 Å². The van der Waals surface area contributed by atoms with Gasteiger partial charge in [-0.15, -0.1) is 0 Å². The number of aromatic nitrogens is 4. The van der Waals surface area contributed by atoms with E-state index in [9.17, 15) is 0 Å². The fourth-order valence-electron chi connectivity index (χ4n) is 11.2. The van der Waals surface area contributed by atoms with E-state index < -0.39 is 0 Å². The van der Waals surface area contributed by atoms with E-state index in [1.54, 1.807) is 0 Å². The molecule has 5 nitrogen and oxygen atoms in total. The maximum atomic E-state index is 6.39. The van der Waals surface area contributed by atoms with Crippen molar-refractivity contribution in [1.29, 1.82) is 0 Å². The molecule has 5 heteroatoms. The monoisotopic (exact) mass is 908 g/mol. The van der Waals surface area contributed by atoms with Gasteiger partial charge in [-0.1, -0.05) is 196 Å². The van der Waals surface area contributed by atoms with Gasteiger partial charge in [0.2, 0.25) is 5.95 Å². The van der Waals surface area contributed by atoms with Gasteiger partial charge >= 0.3 is 0 Å². The molecule has 0 atom stereocenters. The third-order valence-electron chi connectivity index (χ3n) is 14.7. The third-order valence-corrected chi connectivity index (χ3v) is 14.7. The van der Waals surface area contributed by atoms with Crippen molar-refractivity contribution in [1.82, 2.24) is 19.5 Å². The van der Waals surface area contributed by atoms with E-state index >= 15 is 0 Å². The van der Waals surface area contributed by atoms with Gasteiger partial charge in [-0.2, -0.15) is 9.97 Å². The first-order chi connectivity index (χ1) is 34.9. The predicted octanol–water partition coefficient (Wildman–Crippen LogP) is 17.2. The van der Waals surface area contributed by atoms with E-state index in [2.05, 4.69) is 213 Å². The van der Waals surface area contributed by atoms with Crippen LogP contribution < -0.4 is 0 Å². The summed E-state index contributed by atoms with van der Waals surface area (Å²) >= 11 is 0. The average molecular weight is 909 g/mol. The number of hydrogen-bond acceptors (Lipinski definition) is 4. The van der Waals surface area contributed by atoms with Gasteiger partial charge in [0, 0.05) is 43.7 Å². The fraction of sp³-hybridized carbons (Fsp3) is 0.0455. The minimum Gasteiger partial charge on any atom is -0.456 e. The summed E-state index contributed by atoms with van der Waals surface area (Å²) in [5.41, 5.74) is 19.9. The van der Waals surface area contributed by atoms with E-state index in [1.165, 1.54) is 33.4 Å². The van der Waals surface area contributed by atoms with Crippen molar-refractivity contribution in [2.75, 3.05) is 0 Å². The summed E-state index contributed by atoms with van der Waals surface area (Å²) in [6.45, 7) is 4.69. The quantitative estimate of drug-likeness (QED) is 0.160. The van der Waals surface area contributed by atoms with Crippen LogP contribution in [0.5, 0.6) is 0 Å². The molecule has 0 aliphatic heterocycles. The van der Waals surface area contributed by atoms with Crippen molar-refractivity contribution in [2.24, 2.45) is 0 Å². The zero-order valence-electron chi connectivity index (χ0n) is 39.1. The number of para-hydroxylation sites is 2. The van der Waals surface area contributed by atoms with E-state index in [1.807, 2.05) is 36.4 Å². The molecule has 0 saturated heterocycles. The highest BCUT2D eigenvalue weighted by Gasteiger charge is 2.36. The summed E-state index contributed by atoms with van der Waals surface area (Å²) in [5, 5.41) is 4.35. The second-order valence-corrected chi connectivity index (χ2v) is 19.2. The van der Waals surface area contributed by atoms with Crippen LogP contribution in [0.3, 0.4) is 0 Å². The zero-order valence-corrected chi connectivity index (χ0v) is 39.1. The van der Waals surface area contributed by atoms with E-state index in [-0.39, 0.29) is 5.41 Å². The lowest BCUT2D eigenvalue weighted by Gasteiger charge is -2.21. The highest BCUT2D eigenvalue weighted by Crippen LogP contribution is 2.52. The molecule has 0 spiro atoms. The fourth-order valence-corrected chi connectivity index (χ4v) is 11.2. The van der Waals surface area contributed by atoms with Gasteiger partial charge in [0.25, 0.3) is 0 Å². The Kier molecular flexibility index (Phi) is 9.17. The molecular formula is C66H44N4O. The average Bonchev–Trinajstić information content (AvgIpc) is 4.06. The Bertz CT molecular complexity index is 4260. The molecule has 0 radical (unpaired) electrons. The van der Waals surface area contributed by atoms with E-state index in [4.69, 9.17) is 19.4 Å². The van der Waals surface area contributed by atoms with Crippen molar-refractivity contribution in [2.45, 2.75) is 19.3 Å². The number of fused-ring (bicyclic) bond motifs is 9. The lowest BCUT2D eigenvalue weighted by Crippen LogP contribution is -2.14. The minimum atomic E-state index is -0.0777. The van der Waals surface area contributed by atoms with Crippen LogP contribution >= 0.6 is 0 Å². The van der Waals surface area contributed by atoms with E-state index in [0.29, 0.717) is 17.6 Å². The van der Waals surface area contributed by atoms with E-state index in [0.717, 1.165) is 88.3 Å². The largest absolute Gasteiger partial charge is 0.456 e. The summed E-state index contributed by atoms with van der Waals surface area (Å²) in [4.78, 5) is 15.9. The molecule has 0 N–H and O–H groups in total.